The van der Waals surface area contributed by atoms with Crippen LogP contribution in [-0.4, -0.2) is 54.6 Å². The topological polar surface area (TPSA) is 99.4 Å². The number of nitrogens with zero attached hydrogens (tertiary/aromatic N) is 5. The summed E-state index contributed by atoms with van der Waals surface area (Å²) in [6, 6.07) is 6.08. The molecule has 1 aromatic carbocycles. The lowest BCUT2D eigenvalue weighted by Gasteiger charge is -2.38. The molecule has 0 bridgehead atoms. The van der Waals surface area contributed by atoms with E-state index in [9.17, 15) is 9.59 Å². The highest BCUT2D eigenvalue weighted by Crippen LogP contribution is 2.45. The van der Waals surface area contributed by atoms with Gasteiger partial charge in [-0.1, -0.05) is 15.9 Å². The van der Waals surface area contributed by atoms with Crippen LogP contribution >= 0.6 is 15.9 Å². The van der Waals surface area contributed by atoms with E-state index in [2.05, 4.69) is 27.1 Å². The van der Waals surface area contributed by atoms with Crippen LogP contribution in [0.1, 0.15) is 84.9 Å². The number of hydrogen-bond acceptors (Lipinski definition) is 7. The fraction of sp³-hybridized carbons (Fsp3) is 0.552. The highest BCUT2D eigenvalue weighted by atomic mass is 79.9. The molecule has 39 heavy (non-hydrogen) atoms. The molecule has 3 aromatic rings. The number of ether oxygens (including phenoxy) is 2. The molecule has 10 heteroatoms. The smallest absolute Gasteiger partial charge is 0.419 e. The van der Waals surface area contributed by atoms with E-state index in [1.807, 2.05) is 29.1 Å². The van der Waals surface area contributed by atoms with Gasteiger partial charge in [0.15, 0.2) is 0 Å². The molecule has 0 saturated heterocycles. The van der Waals surface area contributed by atoms with E-state index < -0.39 is 23.4 Å². The first kappa shape index (κ1) is 27.6. The van der Waals surface area contributed by atoms with E-state index in [0.717, 1.165) is 63.0 Å². The average molecular weight is 599 g/mol. The summed E-state index contributed by atoms with van der Waals surface area (Å²) in [7, 11) is 0. The fourth-order valence-corrected chi connectivity index (χ4v) is 5.09. The van der Waals surface area contributed by atoms with Gasteiger partial charge in [-0.05, 0) is 91.3 Å². The average Bonchev–Trinajstić information content (AvgIpc) is 3.54. The SMILES string of the molecule is CC(C)(C)OC(=O)N(CC1CC(n2cc(-c3cnc4cc(Br)ccc4n3)c(C3CC3)n2)C1)C(=O)OC(C)(C)C. The van der Waals surface area contributed by atoms with Gasteiger partial charge < -0.3 is 9.47 Å². The van der Waals surface area contributed by atoms with Crippen LogP contribution in [-0.2, 0) is 9.47 Å². The standard InChI is InChI=1S/C29H36BrN5O4/c1-28(2,3)38-26(36)34(27(37)39-29(4,5)6)15-17-11-20(12-17)35-16-21(25(33-35)18-7-8-18)24-14-31-23-13-19(30)9-10-22(23)32-24/h9-10,13-14,16-18,20H,7-8,11-12,15H2,1-6H3. The minimum Gasteiger partial charge on any atom is -0.443 e. The molecule has 0 spiro atoms. The second kappa shape index (κ2) is 10.2. The number of carbonyl (C=O) groups is 2. The zero-order valence-electron chi connectivity index (χ0n) is 23.4. The molecule has 2 aliphatic carbocycles. The quantitative estimate of drug-likeness (QED) is 0.305. The molecule has 0 unspecified atom stereocenters. The minimum absolute atomic E-state index is 0.131. The van der Waals surface area contributed by atoms with E-state index in [0.29, 0.717) is 5.92 Å². The number of benzene rings is 1. The summed E-state index contributed by atoms with van der Waals surface area (Å²) in [5.74, 6) is 0.584. The molecule has 2 amide bonds. The molecule has 2 aromatic heterocycles. The van der Waals surface area contributed by atoms with Gasteiger partial charge in [-0.15, -0.1) is 0 Å². The molecule has 0 aliphatic heterocycles. The van der Waals surface area contributed by atoms with Crippen LogP contribution in [0.25, 0.3) is 22.3 Å². The van der Waals surface area contributed by atoms with Gasteiger partial charge in [0.1, 0.15) is 11.2 Å². The predicted octanol–water partition coefficient (Wildman–Crippen LogP) is 7.26. The van der Waals surface area contributed by atoms with Crippen LogP contribution in [0.5, 0.6) is 0 Å². The molecule has 208 valence electrons. The van der Waals surface area contributed by atoms with Crippen molar-refractivity contribution in [1.82, 2.24) is 24.6 Å². The maximum absolute atomic E-state index is 12.9. The van der Waals surface area contributed by atoms with Crippen molar-refractivity contribution in [2.45, 2.75) is 90.4 Å². The van der Waals surface area contributed by atoms with Crippen LogP contribution in [0.4, 0.5) is 9.59 Å². The number of carbonyl (C=O) groups excluding carboxylic acids is 2. The summed E-state index contributed by atoms with van der Waals surface area (Å²) in [5.41, 5.74) is 3.19. The summed E-state index contributed by atoms with van der Waals surface area (Å²) in [6.45, 7) is 10.9. The van der Waals surface area contributed by atoms with Crippen LogP contribution in [0.2, 0.25) is 0 Å². The molecule has 2 fully saturated rings. The summed E-state index contributed by atoms with van der Waals surface area (Å²) in [6.07, 6.45) is 6.40. The first-order valence-electron chi connectivity index (χ1n) is 13.5. The van der Waals surface area contributed by atoms with Crippen LogP contribution in [0.15, 0.2) is 35.1 Å². The number of aromatic nitrogens is 4. The Hall–Kier alpha value is -3.01. The van der Waals surface area contributed by atoms with Crippen molar-refractivity contribution in [3.8, 4) is 11.3 Å². The first-order chi connectivity index (χ1) is 18.3. The van der Waals surface area contributed by atoms with E-state index in [4.69, 9.17) is 19.6 Å². The molecule has 0 N–H and O–H groups in total. The summed E-state index contributed by atoms with van der Waals surface area (Å²) >= 11 is 3.49. The lowest BCUT2D eigenvalue weighted by atomic mass is 9.80. The monoisotopic (exact) mass is 597 g/mol. The fourth-order valence-electron chi connectivity index (χ4n) is 4.74. The van der Waals surface area contributed by atoms with Crippen LogP contribution in [0, 0.1) is 5.92 Å². The van der Waals surface area contributed by atoms with Crippen molar-refractivity contribution >= 4 is 39.1 Å². The highest BCUT2D eigenvalue weighted by Gasteiger charge is 2.39. The molecule has 2 saturated carbocycles. The Bertz CT molecular complexity index is 1370. The lowest BCUT2D eigenvalue weighted by Crippen LogP contribution is -2.47. The molecular formula is C29H36BrN5O4. The van der Waals surface area contributed by atoms with Crippen molar-refractivity contribution in [3.05, 3.63) is 40.8 Å². The first-order valence-corrected chi connectivity index (χ1v) is 14.3. The third-order valence-corrected chi connectivity index (χ3v) is 7.25. The van der Waals surface area contributed by atoms with E-state index in [-0.39, 0.29) is 18.5 Å². The zero-order valence-corrected chi connectivity index (χ0v) is 25.0. The van der Waals surface area contributed by atoms with Gasteiger partial charge in [-0.2, -0.15) is 5.10 Å². The number of amides is 2. The number of fused-ring (bicyclic) bond motifs is 1. The Balaban J connectivity index is 1.31. The van der Waals surface area contributed by atoms with Crippen molar-refractivity contribution in [3.63, 3.8) is 0 Å². The third kappa shape index (κ3) is 6.59. The van der Waals surface area contributed by atoms with Crippen LogP contribution in [0.3, 0.4) is 0 Å². The molecule has 0 radical (unpaired) electrons. The predicted molar refractivity (Wildman–Crippen MR) is 151 cm³/mol. The maximum Gasteiger partial charge on any atom is 0.419 e. The van der Waals surface area contributed by atoms with Crippen molar-refractivity contribution in [2.75, 3.05) is 6.54 Å². The Kier molecular flexibility index (Phi) is 7.20. The highest BCUT2D eigenvalue weighted by molar-refractivity contribution is 9.10. The lowest BCUT2D eigenvalue weighted by molar-refractivity contribution is -0.00641. The molecule has 0 atom stereocenters. The normalized spacial score (nSPS) is 19.5. The Morgan fingerprint density at radius 3 is 2.26 bits per heavy atom. The van der Waals surface area contributed by atoms with E-state index in [1.165, 1.54) is 0 Å². The number of halogens is 1. The second-order valence-corrected chi connectivity index (χ2v) is 13.5. The largest absolute Gasteiger partial charge is 0.443 e. The summed E-state index contributed by atoms with van der Waals surface area (Å²) in [4.78, 5) is 36.4. The summed E-state index contributed by atoms with van der Waals surface area (Å²) in [5, 5.41) is 4.99. The zero-order chi connectivity index (χ0) is 28.1. The van der Waals surface area contributed by atoms with E-state index >= 15 is 0 Å². The van der Waals surface area contributed by atoms with Crippen LogP contribution < -0.4 is 0 Å². The Morgan fingerprint density at radius 1 is 1.03 bits per heavy atom. The van der Waals surface area contributed by atoms with Gasteiger partial charge in [0.2, 0.25) is 0 Å². The van der Waals surface area contributed by atoms with Crippen molar-refractivity contribution < 1.29 is 19.1 Å². The van der Waals surface area contributed by atoms with Gasteiger partial charge >= 0.3 is 12.2 Å². The van der Waals surface area contributed by atoms with Gasteiger partial charge in [0.05, 0.1) is 34.7 Å². The van der Waals surface area contributed by atoms with Gasteiger partial charge in [-0.3, -0.25) is 9.67 Å². The maximum atomic E-state index is 12.9. The molecule has 5 rings (SSSR count). The van der Waals surface area contributed by atoms with Gasteiger partial charge in [0.25, 0.3) is 0 Å². The Labute approximate surface area is 237 Å². The molecule has 2 heterocycles. The van der Waals surface area contributed by atoms with Gasteiger partial charge in [-0.25, -0.2) is 19.5 Å². The molecule has 9 nitrogen and oxygen atoms in total. The van der Waals surface area contributed by atoms with Gasteiger partial charge in [0, 0.05) is 28.7 Å². The number of imide groups is 1. The van der Waals surface area contributed by atoms with E-state index in [1.54, 1.807) is 41.5 Å². The summed E-state index contributed by atoms with van der Waals surface area (Å²) < 4.78 is 14.0. The molecular weight excluding hydrogens is 562 g/mol. The number of rotatable bonds is 5. The number of hydrogen-bond donors (Lipinski definition) is 0. The minimum atomic E-state index is -0.716. The van der Waals surface area contributed by atoms with Crippen molar-refractivity contribution in [2.24, 2.45) is 5.92 Å². The molecule has 2 aliphatic rings. The van der Waals surface area contributed by atoms with Crippen molar-refractivity contribution in [1.29, 1.82) is 0 Å². The third-order valence-electron chi connectivity index (χ3n) is 6.76. The second-order valence-electron chi connectivity index (χ2n) is 12.6. The Morgan fingerprint density at radius 2 is 1.67 bits per heavy atom.